The summed E-state index contributed by atoms with van der Waals surface area (Å²) in [5.41, 5.74) is -0.365. The van der Waals surface area contributed by atoms with Crippen LogP contribution in [0.1, 0.15) is 32.1 Å². The van der Waals surface area contributed by atoms with Crippen molar-refractivity contribution in [2.75, 3.05) is 37.7 Å². The first-order valence-corrected chi connectivity index (χ1v) is 15.3. The van der Waals surface area contributed by atoms with Crippen molar-refractivity contribution in [3.63, 3.8) is 0 Å². The molecule has 3 aromatic carbocycles. The number of aromatic hydroxyl groups is 1. The lowest BCUT2D eigenvalue weighted by Gasteiger charge is -2.34. The number of phenolic OH excluding ortho intramolecular Hbond substituents is 1. The van der Waals surface area contributed by atoms with Gasteiger partial charge in [-0.15, -0.1) is 0 Å². The number of piperazine rings is 1. The van der Waals surface area contributed by atoms with Crippen LogP contribution in [0.5, 0.6) is 11.8 Å². The molecule has 4 aromatic rings. The molecule has 2 N–H and O–H groups in total. The Morgan fingerprint density at radius 1 is 1.09 bits per heavy atom. The molecule has 4 atom stereocenters. The highest BCUT2D eigenvalue weighted by Crippen LogP contribution is 2.44. The Morgan fingerprint density at radius 2 is 1.91 bits per heavy atom. The van der Waals surface area contributed by atoms with E-state index in [1.807, 2.05) is 0 Å². The average molecular weight is 610 g/mol. The van der Waals surface area contributed by atoms with E-state index in [0.29, 0.717) is 54.7 Å². The Hall–Kier alpha value is -3.34. The summed E-state index contributed by atoms with van der Waals surface area (Å²) in [5, 5.41) is 15.1. The standard InChI is InChI=1S/C32H31ClF3N5O2/c33-24-11-23-29(28(36)27(24)22-10-21(42)9-17-3-1-4-25(35)26(17)22)38-31(39-30(23)40-14-19-5-6-20(15-40)37-19)43-16-32-7-2-8-41(32)13-18(34)12-32/h1,3-4,9-11,18-20,37,42H,2,5-8,12-16H2/t18-,19-,20+,32+/m1/s1. The first-order valence-electron chi connectivity index (χ1n) is 14.9. The van der Waals surface area contributed by atoms with E-state index in [1.165, 1.54) is 24.3 Å². The highest BCUT2D eigenvalue weighted by atomic mass is 35.5. The monoisotopic (exact) mass is 609 g/mol. The van der Waals surface area contributed by atoms with Crippen LogP contribution >= 0.6 is 11.6 Å². The summed E-state index contributed by atoms with van der Waals surface area (Å²) in [6, 6.07) is 9.43. The molecule has 0 amide bonds. The fraction of sp³-hybridized carbons (Fsp3) is 0.438. The van der Waals surface area contributed by atoms with Crippen LogP contribution in [-0.4, -0.2) is 76.6 Å². The zero-order valence-electron chi connectivity index (χ0n) is 23.4. The molecule has 0 spiro atoms. The molecule has 4 fully saturated rings. The molecule has 0 radical (unpaired) electrons. The number of phenols is 1. The lowest BCUT2D eigenvalue weighted by atomic mass is 9.95. The Balaban J connectivity index is 1.28. The lowest BCUT2D eigenvalue weighted by Crippen LogP contribution is -2.51. The van der Waals surface area contributed by atoms with E-state index in [0.717, 1.165) is 32.2 Å². The van der Waals surface area contributed by atoms with E-state index in [9.17, 15) is 9.50 Å². The first-order chi connectivity index (χ1) is 20.8. The van der Waals surface area contributed by atoms with Crippen molar-refractivity contribution < 1.29 is 23.0 Å². The maximum absolute atomic E-state index is 16.8. The Morgan fingerprint density at radius 3 is 2.72 bits per heavy atom. The van der Waals surface area contributed by atoms with Crippen LogP contribution in [-0.2, 0) is 0 Å². The first kappa shape index (κ1) is 27.2. The third-order valence-electron chi connectivity index (χ3n) is 9.77. The van der Waals surface area contributed by atoms with Gasteiger partial charge in [-0.05, 0) is 61.9 Å². The number of alkyl halides is 1. The molecule has 1 aromatic heterocycles. The van der Waals surface area contributed by atoms with Gasteiger partial charge in [-0.1, -0.05) is 23.7 Å². The third-order valence-corrected chi connectivity index (χ3v) is 10.1. The second-order valence-electron chi connectivity index (χ2n) is 12.5. The van der Waals surface area contributed by atoms with Gasteiger partial charge >= 0.3 is 6.01 Å². The largest absolute Gasteiger partial charge is 0.508 e. The minimum Gasteiger partial charge on any atom is -0.508 e. The van der Waals surface area contributed by atoms with Crippen molar-refractivity contribution in [2.24, 2.45) is 0 Å². The molecule has 11 heteroatoms. The minimum atomic E-state index is -0.909. The SMILES string of the molecule is Oc1cc(-c2c(Cl)cc3c(N4C[C@H]5CC[C@@H](C4)N5)nc(OC[C@@]45CCCN4C[C@H](F)C5)nc3c2F)c2c(F)cccc2c1. The molecule has 5 heterocycles. The van der Waals surface area contributed by atoms with E-state index in [4.69, 9.17) is 21.3 Å². The molecule has 0 saturated carbocycles. The molecule has 7 nitrogen and oxygen atoms in total. The van der Waals surface area contributed by atoms with Crippen molar-refractivity contribution in [1.82, 2.24) is 20.2 Å². The fourth-order valence-corrected chi connectivity index (χ4v) is 8.19. The Bertz CT molecular complexity index is 1760. The summed E-state index contributed by atoms with van der Waals surface area (Å²) in [6.45, 7) is 2.79. The Labute approximate surface area is 251 Å². The van der Waals surface area contributed by atoms with Gasteiger partial charge in [0.15, 0.2) is 5.82 Å². The van der Waals surface area contributed by atoms with Gasteiger partial charge in [0.2, 0.25) is 0 Å². The van der Waals surface area contributed by atoms with Crippen molar-refractivity contribution in [1.29, 1.82) is 0 Å². The van der Waals surface area contributed by atoms with Gasteiger partial charge in [-0.25, -0.2) is 13.2 Å². The van der Waals surface area contributed by atoms with Crippen LogP contribution in [0, 0.1) is 11.6 Å². The number of benzene rings is 3. The fourth-order valence-electron chi connectivity index (χ4n) is 7.89. The number of halogens is 4. The molecular weight excluding hydrogens is 579 g/mol. The molecule has 4 aliphatic heterocycles. The molecule has 43 heavy (non-hydrogen) atoms. The summed E-state index contributed by atoms with van der Waals surface area (Å²) >= 11 is 6.79. The molecule has 8 rings (SSSR count). The zero-order chi connectivity index (χ0) is 29.5. The lowest BCUT2D eigenvalue weighted by molar-refractivity contribution is 0.107. The number of aromatic nitrogens is 2. The van der Waals surface area contributed by atoms with E-state index in [1.54, 1.807) is 12.1 Å². The predicted octanol–water partition coefficient (Wildman–Crippen LogP) is 5.98. The quantitative estimate of drug-likeness (QED) is 0.288. The van der Waals surface area contributed by atoms with Crippen molar-refractivity contribution >= 4 is 39.1 Å². The van der Waals surface area contributed by atoms with Gasteiger partial charge in [-0.3, -0.25) is 4.90 Å². The number of ether oxygens (including phenoxy) is 1. The van der Waals surface area contributed by atoms with Crippen molar-refractivity contribution in [2.45, 2.75) is 55.9 Å². The molecule has 2 bridgehead atoms. The van der Waals surface area contributed by atoms with E-state index >= 15 is 8.78 Å². The number of fused-ring (bicyclic) bond motifs is 5. The maximum Gasteiger partial charge on any atom is 0.319 e. The van der Waals surface area contributed by atoms with Crippen LogP contribution < -0.4 is 15.0 Å². The highest BCUT2D eigenvalue weighted by molar-refractivity contribution is 6.35. The molecule has 0 unspecified atom stereocenters. The molecule has 0 aliphatic carbocycles. The smallest absolute Gasteiger partial charge is 0.319 e. The predicted molar refractivity (Wildman–Crippen MR) is 160 cm³/mol. The van der Waals surface area contributed by atoms with Gasteiger partial charge in [0.25, 0.3) is 0 Å². The van der Waals surface area contributed by atoms with Crippen molar-refractivity contribution in [3.05, 3.63) is 53.1 Å². The summed E-state index contributed by atoms with van der Waals surface area (Å²) in [4.78, 5) is 13.6. The van der Waals surface area contributed by atoms with Gasteiger partial charge in [0.1, 0.15) is 35.7 Å². The number of anilines is 1. The van der Waals surface area contributed by atoms with Gasteiger partial charge in [0.05, 0.1) is 10.6 Å². The van der Waals surface area contributed by atoms with Crippen molar-refractivity contribution in [3.8, 4) is 22.9 Å². The second-order valence-corrected chi connectivity index (χ2v) is 12.9. The van der Waals surface area contributed by atoms with Crippen LogP contribution in [0.25, 0.3) is 32.8 Å². The minimum absolute atomic E-state index is 0.00585. The topological polar surface area (TPSA) is 73.8 Å². The average Bonchev–Trinajstić information content (AvgIpc) is 3.62. The summed E-state index contributed by atoms with van der Waals surface area (Å²) in [7, 11) is 0. The Kier molecular flexibility index (Phi) is 6.40. The third kappa shape index (κ3) is 4.48. The number of nitrogens with one attached hydrogen (secondary N) is 1. The van der Waals surface area contributed by atoms with Gasteiger partial charge in [-0.2, -0.15) is 9.97 Å². The molecule has 4 saturated heterocycles. The summed E-state index contributed by atoms with van der Waals surface area (Å²) < 4.78 is 52.6. The summed E-state index contributed by atoms with van der Waals surface area (Å²) in [5.74, 6) is -0.937. The van der Waals surface area contributed by atoms with E-state index in [2.05, 4.69) is 20.1 Å². The number of hydrogen-bond donors (Lipinski definition) is 2. The van der Waals surface area contributed by atoms with E-state index in [-0.39, 0.29) is 45.4 Å². The molecular formula is C32H31ClF3N5O2. The number of nitrogens with zero attached hydrogens (tertiary/aromatic N) is 4. The number of hydrogen-bond acceptors (Lipinski definition) is 7. The molecule has 4 aliphatic rings. The zero-order valence-corrected chi connectivity index (χ0v) is 24.2. The van der Waals surface area contributed by atoms with Crippen LogP contribution in [0.4, 0.5) is 19.0 Å². The second kappa shape index (κ2) is 10.1. The van der Waals surface area contributed by atoms with Gasteiger partial charge in [0, 0.05) is 60.0 Å². The normalized spacial score (nSPS) is 27.0. The maximum atomic E-state index is 16.8. The van der Waals surface area contributed by atoms with Crippen LogP contribution in [0.3, 0.4) is 0 Å². The van der Waals surface area contributed by atoms with Crippen LogP contribution in [0.15, 0.2) is 36.4 Å². The highest BCUT2D eigenvalue weighted by Gasteiger charge is 2.49. The number of rotatable bonds is 5. The van der Waals surface area contributed by atoms with Gasteiger partial charge < -0.3 is 20.1 Å². The van der Waals surface area contributed by atoms with E-state index < -0.39 is 23.3 Å². The summed E-state index contributed by atoms with van der Waals surface area (Å²) in [6.07, 6.45) is 3.36. The van der Waals surface area contributed by atoms with Crippen LogP contribution in [0.2, 0.25) is 5.02 Å². The molecule has 224 valence electrons.